The Labute approximate surface area is 152 Å². The molecule has 0 saturated carbocycles. The van der Waals surface area contributed by atoms with Crippen molar-refractivity contribution in [2.75, 3.05) is 5.73 Å². The van der Waals surface area contributed by atoms with Crippen LogP contribution < -0.4 is 5.73 Å². The van der Waals surface area contributed by atoms with Crippen molar-refractivity contribution in [3.8, 4) is 11.4 Å². The minimum Gasteiger partial charge on any atom is -0.383 e. The molecule has 0 atom stereocenters. The molecule has 0 aliphatic carbocycles. The molecular formula is C18H13BrN6. The summed E-state index contributed by atoms with van der Waals surface area (Å²) in [5, 5.41) is 0.800. The highest BCUT2D eigenvalue weighted by Crippen LogP contribution is 2.32. The van der Waals surface area contributed by atoms with E-state index in [9.17, 15) is 0 Å². The number of halogens is 1. The van der Waals surface area contributed by atoms with Crippen molar-refractivity contribution in [1.82, 2.24) is 24.9 Å². The van der Waals surface area contributed by atoms with Crippen molar-refractivity contribution in [3.05, 3.63) is 71.0 Å². The molecule has 3 heterocycles. The molecule has 25 heavy (non-hydrogen) atoms. The molecule has 122 valence electrons. The van der Waals surface area contributed by atoms with E-state index in [-0.39, 0.29) is 0 Å². The average Bonchev–Trinajstić information content (AvgIpc) is 2.65. The van der Waals surface area contributed by atoms with Crippen molar-refractivity contribution in [3.63, 3.8) is 0 Å². The molecular weight excluding hydrogens is 380 g/mol. The molecule has 7 heteroatoms. The van der Waals surface area contributed by atoms with Crippen LogP contribution in [0.4, 0.5) is 5.82 Å². The summed E-state index contributed by atoms with van der Waals surface area (Å²) in [6.45, 7) is 0. The Kier molecular flexibility index (Phi) is 4.07. The van der Waals surface area contributed by atoms with Gasteiger partial charge in [-0.15, -0.1) is 0 Å². The summed E-state index contributed by atoms with van der Waals surface area (Å²) < 4.78 is 0.893. The van der Waals surface area contributed by atoms with Crippen molar-refractivity contribution in [1.29, 1.82) is 0 Å². The van der Waals surface area contributed by atoms with Crippen molar-refractivity contribution in [2.24, 2.45) is 0 Å². The number of hydrogen-bond acceptors (Lipinski definition) is 6. The van der Waals surface area contributed by atoms with Gasteiger partial charge in [0.05, 0.1) is 16.5 Å². The molecule has 4 aromatic rings. The molecule has 1 aromatic carbocycles. The molecule has 2 N–H and O–H groups in total. The molecule has 0 aliphatic rings. The molecule has 6 nitrogen and oxygen atoms in total. The van der Waals surface area contributed by atoms with Crippen LogP contribution in [0.2, 0.25) is 0 Å². The van der Waals surface area contributed by atoms with Crippen LogP contribution in [0.15, 0.2) is 59.7 Å². The number of aromatic nitrogens is 5. The number of nitrogens with zero attached hydrogens (tertiary/aromatic N) is 5. The average molecular weight is 393 g/mol. The van der Waals surface area contributed by atoms with E-state index in [1.165, 1.54) is 6.33 Å². The zero-order valence-electron chi connectivity index (χ0n) is 13.1. The first-order chi connectivity index (χ1) is 12.2. The molecule has 4 rings (SSSR count). The number of pyridine rings is 1. The lowest BCUT2D eigenvalue weighted by molar-refractivity contribution is 1.07. The van der Waals surface area contributed by atoms with Crippen LogP contribution in [0.5, 0.6) is 0 Å². The monoisotopic (exact) mass is 392 g/mol. The number of nitrogens with two attached hydrogens (primary N) is 1. The molecule has 0 bridgehead atoms. The highest BCUT2D eigenvalue weighted by atomic mass is 79.9. The summed E-state index contributed by atoms with van der Waals surface area (Å²) in [4.78, 5) is 21.4. The highest BCUT2D eigenvalue weighted by Gasteiger charge is 2.13. The molecule has 0 aliphatic heterocycles. The van der Waals surface area contributed by atoms with Gasteiger partial charge in [-0.3, -0.25) is 4.98 Å². The van der Waals surface area contributed by atoms with E-state index in [4.69, 9.17) is 5.73 Å². The largest absolute Gasteiger partial charge is 0.383 e. The number of nitrogen functional groups attached to an aromatic ring is 1. The predicted molar refractivity (Wildman–Crippen MR) is 99.7 cm³/mol. The Bertz CT molecular complexity index is 1040. The summed E-state index contributed by atoms with van der Waals surface area (Å²) in [7, 11) is 0. The van der Waals surface area contributed by atoms with Gasteiger partial charge in [0, 0.05) is 35.2 Å². The number of fused-ring (bicyclic) bond motifs is 1. The van der Waals surface area contributed by atoms with Crippen LogP contribution in [-0.4, -0.2) is 24.9 Å². The van der Waals surface area contributed by atoms with Gasteiger partial charge in [-0.05, 0) is 39.7 Å². The van der Waals surface area contributed by atoms with Crippen LogP contribution in [-0.2, 0) is 6.42 Å². The van der Waals surface area contributed by atoms with E-state index >= 15 is 0 Å². The Hall–Kier alpha value is -2.93. The van der Waals surface area contributed by atoms with Crippen LogP contribution in [0.1, 0.15) is 11.3 Å². The third-order valence-electron chi connectivity index (χ3n) is 3.83. The number of benzene rings is 1. The highest BCUT2D eigenvalue weighted by molar-refractivity contribution is 9.10. The first kappa shape index (κ1) is 15.6. The summed E-state index contributed by atoms with van der Waals surface area (Å²) >= 11 is 3.66. The van der Waals surface area contributed by atoms with Crippen molar-refractivity contribution < 1.29 is 0 Å². The van der Waals surface area contributed by atoms with Crippen LogP contribution in [0.25, 0.3) is 22.3 Å². The second-order valence-corrected chi connectivity index (χ2v) is 6.28. The third kappa shape index (κ3) is 3.06. The maximum absolute atomic E-state index is 6.22. The van der Waals surface area contributed by atoms with Crippen molar-refractivity contribution in [2.45, 2.75) is 6.42 Å². The summed E-state index contributed by atoms with van der Waals surface area (Å²) in [5.74, 6) is 0.925. The lowest BCUT2D eigenvalue weighted by Gasteiger charge is -2.10. The van der Waals surface area contributed by atoms with E-state index in [0.29, 0.717) is 18.1 Å². The Balaban J connectivity index is 1.81. The van der Waals surface area contributed by atoms with Gasteiger partial charge in [-0.25, -0.2) is 19.9 Å². The number of anilines is 1. The summed E-state index contributed by atoms with van der Waals surface area (Å²) in [6.07, 6.45) is 7.28. The Morgan fingerprint density at radius 2 is 1.84 bits per heavy atom. The fourth-order valence-electron chi connectivity index (χ4n) is 2.63. The Morgan fingerprint density at radius 3 is 2.60 bits per heavy atom. The second-order valence-electron chi connectivity index (χ2n) is 5.49. The van der Waals surface area contributed by atoms with Gasteiger partial charge in [0.2, 0.25) is 0 Å². The molecule has 0 radical (unpaired) electrons. The molecule has 0 spiro atoms. The minimum atomic E-state index is 0.415. The van der Waals surface area contributed by atoms with E-state index < -0.39 is 0 Å². The van der Waals surface area contributed by atoms with Gasteiger partial charge in [0.1, 0.15) is 12.1 Å². The third-order valence-corrected chi connectivity index (χ3v) is 4.73. The zero-order valence-corrected chi connectivity index (χ0v) is 14.7. The lowest BCUT2D eigenvalue weighted by Crippen LogP contribution is -2.01. The van der Waals surface area contributed by atoms with Crippen molar-refractivity contribution >= 4 is 32.7 Å². The quantitative estimate of drug-likeness (QED) is 0.574. The fourth-order valence-corrected chi connectivity index (χ4v) is 3.31. The predicted octanol–water partition coefficient (Wildman–Crippen LogP) is 3.42. The van der Waals surface area contributed by atoms with Crippen LogP contribution >= 0.6 is 15.9 Å². The van der Waals surface area contributed by atoms with E-state index in [2.05, 4.69) is 40.8 Å². The van der Waals surface area contributed by atoms with Gasteiger partial charge >= 0.3 is 0 Å². The second kappa shape index (κ2) is 6.52. The van der Waals surface area contributed by atoms with Gasteiger partial charge in [0.25, 0.3) is 0 Å². The van der Waals surface area contributed by atoms with E-state index in [1.807, 2.05) is 30.3 Å². The maximum atomic E-state index is 6.22. The topological polar surface area (TPSA) is 90.5 Å². The van der Waals surface area contributed by atoms with Gasteiger partial charge < -0.3 is 5.73 Å². The normalized spacial score (nSPS) is 10.9. The van der Waals surface area contributed by atoms with Gasteiger partial charge in [-0.1, -0.05) is 12.1 Å². The lowest BCUT2D eigenvalue weighted by atomic mass is 10.1. The molecule has 0 saturated heterocycles. The fraction of sp³-hybridized carbons (Fsp3) is 0.0556. The zero-order chi connectivity index (χ0) is 17.2. The van der Waals surface area contributed by atoms with E-state index in [0.717, 1.165) is 32.2 Å². The molecule has 3 aromatic heterocycles. The Morgan fingerprint density at radius 1 is 1.00 bits per heavy atom. The number of rotatable bonds is 3. The molecule has 0 amide bonds. The standard InChI is InChI=1S/C18H13BrN6/c19-16-11(7-13-3-1-2-6-23-13)4-5-14-15(16)17(20)25-18(24-14)12-8-21-10-22-9-12/h1-6,8-10H,7H2,(H2,20,24,25). The summed E-state index contributed by atoms with van der Waals surface area (Å²) in [5.41, 5.74) is 9.78. The molecule has 0 unspecified atom stereocenters. The van der Waals surface area contributed by atoms with Gasteiger partial charge in [-0.2, -0.15) is 0 Å². The first-order valence-corrected chi connectivity index (χ1v) is 8.41. The smallest absolute Gasteiger partial charge is 0.165 e. The SMILES string of the molecule is Nc1nc(-c2cncnc2)nc2ccc(Cc3ccccn3)c(Br)c12. The van der Waals surface area contributed by atoms with E-state index in [1.54, 1.807) is 18.6 Å². The molecule has 0 fully saturated rings. The number of hydrogen-bond donors (Lipinski definition) is 1. The maximum Gasteiger partial charge on any atom is 0.165 e. The minimum absolute atomic E-state index is 0.415. The van der Waals surface area contributed by atoms with Crippen LogP contribution in [0.3, 0.4) is 0 Å². The van der Waals surface area contributed by atoms with Gasteiger partial charge in [0.15, 0.2) is 5.82 Å². The first-order valence-electron chi connectivity index (χ1n) is 7.62. The summed E-state index contributed by atoms with van der Waals surface area (Å²) in [6, 6.07) is 9.85. The van der Waals surface area contributed by atoms with Crippen LogP contribution in [0, 0.1) is 0 Å².